The van der Waals surface area contributed by atoms with Gasteiger partial charge in [-0.1, -0.05) is 84.4 Å². The Morgan fingerprint density at radius 3 is 1.79 bits per heavy atom. The Hall–Kier alpha value is -2.62. The highest BCUT2D eigenvalue weighted by atomic mass is 35.5. The Bertz CT molecular complexity index is 910. The first-order valence-corrected chi connectivity index (χ1v) is 10.3. The fraction of sp³-hybridized carbons (Fsp3) is 0.240. The lowest BCUT2D eigenvalue weighted by molar-refractivity contribution is -0.136. The second kappa shape index (κ2) is 8.40. The standard InChI is InChI=1S/C25H24ClNO2/c26-22-13-11-21(12-14-22)25(29)15-17-27(18-16-25)24(28)23(19-7-3-1-4-8-19)20-9-5-2-6-10-20/h1-14,23,29H,15-18H2. The zero-order chi connectivity index (χ0) is 20.3. The van der Waals surface area contributed by atoms with Crippen molar-refractivity contribution in [1.29, 1.82) is 0 Å². The van der Waals surface area contributed by atoms with Gasteiger partial charge in [-0.05, 0) is 41.7 Å². The SMILES string of the molecule is O=C(C(c1ccccc1)c1ccccc1)N1CCC(O)(c2ccc(Cl)cc2)CC1. The quantitative estimate of drug-likeness (QED) is 0.664. The molecule has 1 aliphatic heterocycles. The summed E-state index contributed by atoms with van der Waals surface area (Å²) in [5.74, 6) is -0.250. The molecular formula is C25H24ClNO2. The molecule has 0 saturated carbocycles. The number of hydrogen-bond acceptors (Lipinski definition) is 2. The van der Waals surface area contributed by atoms with Gasteiger partial charge >= 0.3 is 0 Å². The fourth-order valence-corrected chi connectivity index (χ4v) is 4.22. The second-order valence-corrected chi connectivity index (χ2v) is 8.05. The summed E-state index contributed by atoms with van der Waals surface area (Å²) >= 11 is 5.98. The number of likely N-dealkylation sites (tertiary alicyclic amines) is 1. The van der Waals surface area contributed by atoms with Crippen molar-refractivity contribution in [2.45, 2.75) is 24.4 Å². The van der Waals surface area contributed by atoms with Gasteiger partial charge in [0.05, 0.1) is 11.5 Å². The van der Waals surface area contributed by atoms with E-state index in [2.05, 4.69) is 0 Å². The van der Waals surface area contributed by atoms with Gasteiger partial charge in [-0.2, -0.15) is 0 Å². The first kappa shape index (κ1) is 19.7. The Labute approximate surface area is 176 Å². The summed E-state index contributed by atoms with van der Waals surface area (Å²) in [6.45, 7) is 1.04. The molecule has 1 amide bonds. The number of piperidine rings is 1. The number of benzene rings is 3. The zero-order valence-corrected chi connectivity index (χ0v) is 16.9. The van der Waals surface area contributed by atoms with Crippen LogP contribution < -0.4 is 0 Å². The Morgan fingerprint density at radius 2 is 1.31 bits per heavy atom. The smallest absolute Gasteiger partial charge is 0.234 e. The van der Waals surface area contributed by atoms with Crippen molar-refractivity contribution >= 4 is 17.5 Å². The molecule has 0 bridgehead atoms. The van der Waals surface area contributed by atoms with Crippen molar-refractivity contribution in [2.75, 3.05) is 13.1 Å². The maximum Gasteiger partial charge on any atom is 0.234 e. The maximum atomic E-state index is 13.5. The van der Waals surface area contributed by atoms with Gasteiger partial charge in [0.15, 0.2) is 0 Å². The molecular weight excluding hydrogens is 382 g/mol. The van der Waals surface area contributed by atoms with Crippen LogP contribution in [0.1, 0.15) is 35.4 Å². The highest BCUT2D eigenvalue weighted by Gasteiger charge is 2.37. The molecule has 1 fully saturated rings. The number of rotatable bonds is 4. The van der Waals surface area contributed by atoms with E-state index in [-0.39, 0.29) is 11.8 Å². The average molecular weight is 406 g/mol. The Kier molecular flexibility index (Phi) is 5.70. The van der Waals surface area contributed by atoms with Gasteiger partial charge in [-0.25, -0.2) is 0 Å². The van der Waals surface area contributed by atoms with Gasteiger partial charge in [0, 0.05) is 18.1 Å². The Morgan fingerprint density at radius 1 is 0.828 bits per heavy atom. The summed E-state index contributed by atoms with van der Waals surface area (Å²) in [5, 5.41) is 11.8. The lowest BCUT2D eigenvalue weighted by Crippen LogP contribution is -2.46. The van der Waals surface area contributed by atoms with Crippen LogP contribution in [0.25, 0.3) is 0 Å². The number of carbonyl (C=O) groups excluding carboxylic acids is 1. The number of aliphatic hydroxyl groups is 1. The van der Waals surface area contributed by atoms with Crippen LogP contribution in [0.15, 0.2) is 84.9 Å². The third-order valence-corrected chi connectivity index (χ3v) is 6.05. The van der Waals surface area contributed by atoms with Crippen LogP contribution in [0.2, 0.25) is 5.02 Å². The molecule has 29 heavy (non-hydrogen) atoms. The molecule has 0 unspecified atom stereocenters. The van der Waals surface area contributed by atoms with Gasteiger partial charge in [0.2, 0.25) is 5.91 Å². The van der Waals surface area contributed by atoms with Gasteiger partial charge in [0.1, 0.15) is 0 Å². The van der Waals surface area contributed by atoms with Gasteiger partial charge in [-0.3, -0.25) is 4.79 Å². The molecule has 4 heteroatoms. The van der Waals surface area contributed by atoms with Crippen LogP contribution >= 0.6 is 11.6 Å². The van der Waals surface area contributed by atoms with E-state index >= 15 is 0 Å². The van der Waals surface area contributed by atoms with E-state index < -0.39 is 5.60 Å². The Balaban J connectivity index is 1.55. The van der Waals surface area contributed by atoms with Crippen LogP contribution in [0.5, 0.6) is 0 Å². The van der Waals surface area contributed by atoms with Crippen molar-refractivity contribution in [3.05, 3.63) is 107 Å². The molecule has 0 aliphatic carbocycles. The van der Waals surface area contributed by atoms with Crippen molar-refractivity contribution < 1.29 is 9.90 Å². The topological polar surface area (TPSA) is 40.5 Å². The highest BCUT2D eigenvalue weighted by Crippen LogP contribution is 2.35. The summed E-state index contributed by atoms with van der Waals surface area (Å²) in [4.78, 5) is 15.4. The first-order valence-electron chi connectivity index (χ1n) is 9.94. The molecule has 4 rings (SSSR count). The third-order valence-electron chi connectivity index (χ3n) is 5.80. The van der Waals surface area contributed by atoms with Crippen LogP contribution in [-0.2, 0) is 10.4 Å². The van der Waals surface area contributed by atoms with Crippen LogP contribution in [0, 0.1) is 0 Å². The van der Waals surface area contributed by atoms with E-state index in [1.165, 1.54) is 0 Å². The summed E-state index contributed by atoms with van der Waals surface area (Å²) in [6, 6.07) is 27.1. The van der Waals surface area contributed by atoms with E-state index in [1.807, 2.05) is 77.7 Å². The average Bonchev–Trinajstić information content (AvgIpc) is 2.76. The predicted molar refractivity (Wildman–Crippen MR) is 116 cm³/mol. The molecule has 0 atom stereocenters. The number of halogens is 1. The lowest BCUT2D eigenvalue weighted by Gasteiger charge is -2.40. The summed E-state index contributed by atoms with van der Waals surface area (Å²) in [5.41, 5.74) is 1.91. The molecule has 148 valence electrons. The zero-order valence-electron chi connectivity index (χ0n) is 16.2. The molecule has 1 aliphatic rings. The molecule has 3 aromatic carbocycles. The van der Waals surface area contributed by atoms with Crippen molar-refractivity contribution in [3.63, 3.8) is 0 Å². The first-order chi connectivity index (χ1) is 14.1. The van der Waals surface area contributed by atoms with Crippen molar-refractivity contribution in [2.24, 2.45) is 0 Å². The van der Waals surface area contributed by atoms with Gasteiger partial charge in [0.25, 0.3) is 0 Å². The fourth-order valence-electron chi connectivity index (χ4n) is 4.10. The number of amides is 1. The van der Waals surface area contributed by atoms with E-state index in [0.717, 1.165) is 16.7 Å². The number of carbonyl (C=O) groups is 1. The summed E-state index contributed by atoms with van der Waals surface area (Å²) in [7, 11) is 0. The molecule has 1 N–H and O–H groups in total. The van der Waals surface area contributed by atoms with Crippen molar-refractivity contribution in [3.8, 4) is 0 Å². The number of nitrogens with zero attached hydrogens (tertiary/aromatic N) is 1. The molecule has 3 aromatic rings. The van der Waals surface area contributed by atoms with E-state index in [9.17, 15) is 9.90 Å². The van der Waals surface area contributed by atoms with E-state index in [4.69, 9.17) is 11.6 Å². The van der Waals surface area contributed by atoms with E-state index in [1.54, 1.807) is 12.1 Å². The second-order valence-electron chi connectivity index (χ2n) is 7.62. The van der Waals surface area contributed by atoms with Gasteiger partial charge in [-0.15, -0.1) is 0 Å². The van der Waals surface area contributed by atoms with Crippen LogP contribution in [-0.4, -0.2) is 29.0 Å². The predicted octanol–water partition coefficient (Wildman–Crippen LogP) is 4.98. The monoisotopic (exact) mass is 405 g/mol. The minimum atomic E-state index is -0.920. The molecule has 1 heterocycles. The van der Waals surface area contributed by atoms with Crippen LogP contribution in [0.4, 0.5) is 0 Å². The molecule has 3 nitrogen and oxygen atoms in total. The molecule has 0 radical (unpaired) electrons. The summed E-state index contributed by atoms with van der Waals surface area (Å²) < 4.78 is 0. The highest BCUT2D eigenvalue weighted by molar-refractivity contribution is 6.30. The third kappa shape index (κ3) is 4.21. The van der Waals surface area contributed by atoms with Gasteiger partial charge < -0.3 is 10.0 Å². The molecule has 0 spiro atoms. The maximum absolute atomic E-state index is 13.5. The van der Waals surface area contributed by atoms with Crippen LogP contribution in [0.3, 0.4) is 0 Å². The minimum Gasteiger partial charge on any atom is -0.385 e. The minimum absolute atomic E-state index is 0.0838. The lowest BCUT2D eigenvalue weighted by atomic mass is 9.83. The van der Waals surface area contributed by atoms with E-state index in [0.29, 0.717) is 31.0 Å². The van der Waals surface area contributed by atoms with Crippen molar-refractivity contribution in [1.82, 2.24) is 4.90 Å². The number of hydrogen-bond donors (Lipinski definition) is 1. The molecule has 0 aromatic heterocycles. The normalized spacial score (nSPS) is 16.0. The molecule has 1 saturated heterocycles. The largest absolute Gasteiger partial charge is 0.385 e. The summed E-state index contributed by atoms with van der Waals surface area (Å²) in [6.07, 6.45) is 1.02.